The molecule has 0 fully saturated rings. The number of hydrogen-bond donors (Lipinski definition) is 3. The van der Waals surface area contributed by atoms with Crippen LogP contribution in [0.1, 0.15) is 35.8 Å². The molecule has 0 aromatic carbocycles. The summed E-state index contributed by atoms with van der Waals surface area (Å²) < 4.78 is 0. The second-order valence-corrected chi connectivity index (χ2v) is 5.53. The minimum absolute atomic E-state index is 0.0437. The summed E-state index contributed by atoms with van der Waals surface area (Å²) in [5.41, 5.74) is 5.75. The fourth-order valence-electron chi connectivity index (χ4n) is 1.54. The number of aliphatic carboxylic acids is 1. The molecule has 0 radical (unpaired) electrons. The van der Waals surface area contributed by atoms with E-state index >= 15 is 0 Å². The summed E-state index contributed by atoms with van der Waals surface area (Å²) in [7, 11) is 0. The molecule has 7 heteroatoms. The molecule has 0 bridgehead atoms. The zero-order valence-corrected chi connectivity index (χ0v) is 11.9. The monoisotopic (exact) mass is 285 g/mol. The van der Waals surface area contributed by atoms with Crippen LogP contribution in [0.3, 0.4) is 0 Å². The van der Waals surface area contributed by atoms with Crippen molar-refractivity contribution in [3.63, 3.8) is 0 Å². The summed E-state index contributed by atoms with van der Waals surface area (Å²) in [6.07, 6.45) is 0.546. The lowest BCUT2D eigenvalue weighted by molar-refractivity contribution is -0.137. The van der Waals surface area contributed by atoms with Crippen LogP contribution in [0.15, 0.2) is 5.38 Å². The standard InChI is InChI=1S/C12H19N3O3S/c1-7(2)8(5-11(16)17)15-12(18)9-6-19-10(14-9)3-4-13/h6-8H,3-5,13H2,1-2H3,(H,15,18)(H,16,17). The maximum absolute atomic E-state index is 12.0. The first-order valence-electron chi connectivity index (χ1n) is 6.11. The molecule has 1 heterocycles. The van der Waals surface area contributed by atoms with Crippen molar-refractivity contribution in [2.24, 2.45) is 11.7 Å². The first kappa shape index (κ1) is 15.6. The van der Waals surface area contributed by atoms with Crippen LogP contribution in [0.2, 0.25) is 0 Å². The first-order valence-corrected chi connectivity index (χ1v) is 6.99. The van der Waals surface area contributed by atoms with Gasteiger partial charge in [0.2, 0.25) is 0 Å². The van der Waals surface area contributed by atoms with E-state index in [-0.39, 0.29) is 18.2 Å². The van der Waals surface area contributed by atoms with Crippen molar-refractivity contribution in [2.75, 3.05) is 6.54 Å². The van der Waals surface area contributed by atoms with E-state index in [9.17, 15) is 9.59 Å². The van der Waals surface area contributed by atoms with E-state index in [2.05, 4.69) is 10.3 Å². The number of carbonyl (C=O) groups is 2. The topological polar surface area (TPSA) is 105 Å². The number of carbonyl (C=O) groups excluding carboxylic acids is 1. The van der Waals surface area contributed by atoms with Crippen LogP contribution in [-0.4, -0.2) is 34.6 Å². The van der Waals surface area contributed by atoms with Gasteiger partial charge in [0.15, 0.2) is 0 Å². The van der Waals surface area contributed by atoms with Crippen LogP contribution < -0.4 is 11.1 Å². The van der Waals surface area contributed by atoms with Gasteiger partial charge < -0.3 is 16.2 Å². The number of nitrogens with two attached hydrogens (primary N) is 1. The molecule has 1 unspecified atom stereocenters. The van der Waals surface area contributed by atoms with E-state index in [4.69, 9.17) is 10.8 Å². The predicted molar refractivity (Wildman–Crippen MR) is 73.2 cm³/mol. The highest BCUT2D eigenvalue weighted by molar-refractivity contribution is 7.09. The van der Waals surface area contributed by atoms with Crippen LogP contribution >= 0.6 is 11.3 Å². The van der Waals surface area contributed by atoms with Crippen molar-refractivity contribution in [3.05, 3.63) is 16.1 Å². The Hall–Kier alpha value is -1.47. The van der Waals surface area contributed by atoms with Gasteiger partial charge in [-0.25, -0.2) is 4.98 Å². The summed E-state index contributed by atoms with van der Waals surface area (Å²) >= 11 is 1.38. The molecule has 106 valence electrons. The van der Waals surface area contributed by atoms with Crippen molar-refractivity contribution in [1.82, 2.24) is 10.3 Å². The quantitative estimate of drug-likeness (QED) is 0.689. The highest BCUT2D eigenvalue weighted by Gasteiger charge is 2.21. The first-order chi connectivity index (χ1) is 8.93. The van der Waals surface area contributed by atoms with Crippen molar-refractivity contribution < 1.29 is 14.7 Å². The maximum atomic E-state index is 12.0. The SMILES string of the molecule is CC(C)C(CC(=O)O)NC(=O)c1csc(CCN)n1. The molecular weight excluding hydrogens is 266 g/mol. The maximum Gasteiger partial charge on any atom is 0.305 e. The van der Waals surface area contributed by atoms with Gasteiger partial charge in [0.05, 0.1) is 11.4 Å². The fourth-order valence-corrected chi connectivity index (χ4v) is 2.33. The lowest BCUT2D eigenvalue weighted by atomic mass is 10.0. The minimum atomic E-state index is -0.930. The van der Waals surface area contributed by atoms with Crippen molar-refractivity contribution in [2.45, 2.75) is 32.7 Å². The Morgan fingerprint density at radius 3 is 2.74 bits per heavy atom. The predicted octanol–water partition coefficient (Wildman–Crippen LogP) is 0.873. The van der Waals surface area contributed by atoms with Gasteiger partial charge in [-0.15, -0.1) is 11.3 Å². The van der Waals surface area contributed by atoms with Gasteiger partial charge in [0, 0.05) is 17.8 Å². The molecule has 0 saturated heterocycles. The van der Waals surface area contributed by atoms with E-state index in [1.807, 2.05) is 13.8 Å². The molecule has 6 nitrogen and oxygen atoms in total. The number of nitrogens with zero attached hydrogens (tertiary/aromatic N) is 1. The zero-order chi connectivity index (χ0) is 14.4. The second kappa shape index (κ2) is 7.20. The van der Waals surface area contributed by atoms with Gasteiger partial charge in [0.25, 0.3) is 5.91 Å². The number of amides is 1. The van der Waals surface area contributed by atoms with Gasteiger partial charge in [0.1, 0.15) is 5.69 Å². The average molecular weight is 285 g/mol. The molecule has 0 aliphatic carbocycles. The third kappa shape index (κ3) is 4.96. The molecular formula is C12H19N3O3S. The average Bonchev–Trinajstić information content (AvgIpc) is 2.76. The van der Waals surface area contributed by atoms with Crippen LogP contribution in [0.4, 0.5) is 0 Å². The van der Waals surface area contributed by atoms with Crippen molar-refractivity contribution in [1.29, 1.82) is 0 Å². The highest BCUT2D eigenvalue weighted by Crippen LogP contribution is 2.12. The number of rotatable bonds is 7. The van der Waals surface area contributed by atoms with Gasteiger partial charge in [-0.05, 0) is 12.5 Å². The summed E-state index contributed by atoms with van der Waals surface area (Å²) in [6.45, 7) is 4.23. The summed E-state index contributed by atoms with van der Waals surface area (Å²) in [4.78, 5) is 26.9. The van der Waals surface area contributed by atoms with E-state index in [1.54, 1.807) is 5.38 Å². The molecule has 1 atom stereocenters. The lowest BCUT2D eigenvalue weighted by Gasteiger charge is -2.19. The largest absolute Gasteiger partial charge is 0.481 e. The molecule has 0 aliphatic heterocycles. The Morgan fingerprint density at radius 2 is 2.21 bits per heavy atom. The molecule has 1 aromatic rings. The number of carboxylic acids is 1. The number of aromatic nitrogens is 1. The van der Waals surface area contributed by atoms with Crippen LogP contribution in [0.25, 0.3) is 0 Å². The summed E-state index contributed by atoms with van der Waals surface area (Å²) in [5.74, 6) is -1.22. The third-order valence-electron chi connectivity index (χ3n) is 2.66. The number of thiazole rings is 1. The molecule has 1 aromatic heterocycles. The summed E-state index contributed by atoms with van der Waals surface area (Å²) in [6, 6.07) is -0.398. The number of carboxylic acid groups (broad SMARTS) is 1. The molecule has 0 spiro atoms. The molecule has 4 N–H and O–H groups in total. The molecule has 0 saturated carbocycles. The number of nitrogens with one attached hydrogen (secondary N) is 1. The Kier molecular flexibility index (Phi) is 5.91. The fraction of sp³-hybridized carbons (Fsp3) is 0.583. The van der Waals surface area contributed by atoms with Gasteiger partial charge in [-0.2, -0.15) is 0 Å². The van der Waals surface area contributed by atoms with Gasteiger partial charge in [-0.3, -0.25) is 9.59 Å². The Balaban J connectivity index is 2.67. The molecule has 1 amide bonds. The van der Waals surface area contributed by atoms with Crippen molar-refractivity contribution >= 4 is 23.2 Å². The number of hydrogen-bond acceptors (Lipinski definition) is 5. The van der Waals surface area contributed by atoms with E-state index in [0.29, 0.717) is 18.7 Å². The Bertz CT molecular complexity index is 445. The molecule has 0 aliphatic rings. The zero-order valence-electron chi connectivity index (χ0n) is 11.0. The second-order valence-electron chi connectivity index (χ2n) is 4.59. The van der Waals surface area contributed by atoms with Gasteiger partial charge in [-0.1, -0.05) is 13.8 Å². The third-order valence-corrected chi connectivity index (χ3v) is 3.57. The smallest absolute Gasteiger partial charge is 0.305 e. The normalized spacial score (nSPS) is 12.4. The highest BCUT2D eigenvalue weighted by atomic mass is 32.1. The minimum Gasteiger partial charge on any atom is -0.481 e. The van der Waals surface area contributed by atoms with Crippen LogP contribution in [0.5, 0.6) is 0 Å². The van der Waals surface area contributed by atoms with E-state index < -0.39 is 12.0 Å². The van der Waals surface area contributed by atoms with Crippen LogP contribution in [-0.2, 0) is 11.2 Å². The Morgan fingerprint density at radius 1 is 1.53 bits per heavy atom. The van der Waals surface area contributed by atoms with E-state index in [0.717, 1.165) is 5.01 Å². The van der Waals surface area contributed by atoms with Crippen molar-refractivity contribution in [3.8, 4) is 0 Å². The molecule has 19 heavy (non-hydrogen) atoms. The summed E-state index contributed by atoms with van der Waals surface area (Å²) in [5, 5.41) is 14.0. The molecule has 1 rings (SSSR count). The van der Waals surface area contributed by atoms with Crippen LogP contribution in [0, 0.1) is 5.92 Å². The lowest BCUT2D eigenvalue weighted by Crippen LogP contribution is -2.40. The van der Waals surface area contributed by atoms with E-state index in [1.165, 1.54) is 11.3 Å². The van der Waals surface area contributed by atoms with Gasteiger partial charge >= 0.3 is 5.97 Å². The Labute approximate surface area is 116 Å².